The van der Waals surface area contributed by atoms with Crippen LogP contribution in [-0.2, 0) is 6.61 Å². The molecule has 1 fully saturated rings. The average Bonchev–Trinajstić information content (AvgIpc) is 2.75. The summed E-state index contributed by atoms with van der Waals surface area (Å²) >= 11 is 0. The van der Waals surface area contributed by atoms with Crippen LogP contribution in [0.15, 0.2) is 42.5 Å². The van der Waals surface area contributed by atoms with Crippen LogP contribution in [0.3, 0.4) is 0 Å². The van der Waals surface area contributed by atoms with Crippen LogP contribution in [0, 0.1) is 0 Å². The molecule has 2 aliphatic rings. The summed E-state index contributed by atoms with van der Waals surface area (Å²) in [6.45, 7) is 0.418. The van der Waals surface area contributed by atoms with Gasteiger partial charge in [-0.2, -0.15) is 0 Å². The fraction of sp³-hybridized carbons (Fsp3) is 0.350. The molecule has 2 aromatic carbocycles. The van der Waals surface area contributed by atoms with E-state index in [0.717, 1.165) is 29.7 Å². The molecule has 1 aliphatic carbocycles. The molecule has 24 heavy (non-hydrogen) atoms. The molecule has 4 heteroatoms. The van der Waals surface area contributed by atoms with Gasteiger partial charge >= 0.3 is 0 Å². The number of rotatable bonds is 2. The maximum Gasteiger partial charge on any atom is 0.197 e. The Morgan fingerprint density at radius 3 is 2.75 bits per heavy atom. The van der Waals surface area contributed by atoms with Crippen LogP contribution >= 0.6 is 0 Å². The first-order chi connectivity index (χ1) is 11.7. The summed E-state index contributed by atoms with van der Waals surface area (Å²) in [5.41, 5.74) is 9.47. The molecule has 0 amide bonds. The number of nitrogens with two attached hydrogens (primary N) is 1. The van der Waals surface area contributed by atoms with Gasteiger partial charge in [-0.15, -0.1) is 0 Å². The van der Waals surface area contributed by atoms with E-state index in [1.807, 2.05) is 42.5 Å². The number of carbonyl (C=O) groups excluding carboxylic acids is 1. The highest BCUT2D eigenvalue weighted by Crippen LogP contribution is 2.32. The van der Waals surface area contributed by atoms with Crippen molar-refractivity contribution in [1.29, 1.82) is 0 Å². The number of carbonyl (C=O) groups is 1. The van der Waals surface area contributed by atoms with Crippen LogP contribution in [0.25, 0.3) is 0 Å². The number of benzene rings is 2. The lowest BCUT2D eigenvalue weighted by Gasteiger charge is -2.30. The van der Waals surface area contributed by atoms with Gasteiger partial charge in [0, 0.05) is 35.0 Å². The second-order valence-electron chi connectivity index (χ2n) is 6.69. The van der Waals surface area contributed by atoms with Crippen molar-refractivity contribution >= 4 is 11.5 Å². The molecule has 0 saturated heterocycles. The molecule has 1 heterocycles. The first-order valence-corrected chi connectivity index (χ1v) is 8.64. The van der Waals surface area contributed by atoms with E-state index in [1.165, 1.54) is 12.8 Å². The molecule has 3 N–H and O–H groups in total. The molecule has 0 bridgehead atoms. The predicted octanol–water partition coefficient (Wildman–Crippen LogP) is 3.49. The molecule has 0 aromatic heterocycles. The molecular formula is C20H22N2O2. The summed E-state index contributed by atoms with van der Waals surface area (Å²) in [5.74, 6) is 0.671. The molecule has 0 radical (unpaired) electrons. The van der Waals surface area contributed by atoms with E-state index in [4.69, 9.17) is 10.5 Å². The van der Waals surface area contributed by atoms with E-state index in [0.29, 0.717) is 17.9 Å². The second kappa shape index (κ2) is 6.29. The van der Waals surface area contributed by atoms with Crippen molar-refractivity contribution in [2.24, 2.45) is 5.73 Å². The van der Waals surface area contributed by atoms with E-state index in [1.54, 1.807) is 0 Å². The number of nitrogens with one attached hydrogen (secondary N) is 1. The Morgan fingerprint density at radius 1 is 1.04 bits per heavy atom. The van der Waals surface area contributed by atoms with Crippen molar-refractivity contribution in [1.82, 2.24) is 0 Å². The minimum Gasteiger partial charge on any atom is -0.488 e. The van der Waals surface area contributed by atoms with Crippen LogP contribution in [0.5, 0.6) is 5.75 Å². The molecule has 2 atom stereocenters. The Bertz CT molecular complexity index is 772. The third-order valence-electron chi connectivity index (χ3n) is 5.04. The Balaban J connectivity index is 1.61. The lowest BCUT2D eigenvalue weighted by atomic mass is 9.91. The predicted molar refractivity (Wildman–Crippen MR) is 94.5 cm³/mol. The number of hydrogen-bond acceptors (Lipinski definition) is 4. The average molecular weight is 322 g/mol. The van der Waals surface area contributed by atoms with Gasteiger partial charge in [-0.3, -0.25) is 4.79 Å². The number of ether oxygens (including phenoxy) is 1. The van der Waals surface area contributed by atoms with Crippen molar-refractivity contribution in [3.63, 3.8) is 0 Å². The van der Waals surface area contributed by atoms with Crippen molar-refractivity contribution in [3.05, 3.63) is 59.2 Å². The Hall–Kier alpha value is -2.33. The topological polar surface area (TPSA) is 64.3 Å². The smallest absolute Gasteiger partial charge is 0.197 e. The fourth-order valence-electron chi connectivity index (χ4n) is 3.64. The Labute approximate surface area is 142 Å². The summed E-state index contributed by atoms with van der Waals surface area (Å²) in [6.07, 6.45) is 4.57. The van der Waals surface area contributed by atoms with Gasteiger partial charge in [0.05, 0.1) is 5.56 Å². The molecule has 2 aromatic rings. The van der Waals surface area contributed by atoms with Crippen LogP contribution in [0.4, 0.5) is 5.69 Å². The minimum atomic E-state index is 0.0269. The van der Waals surface area contributed by atoms with Crippen LogP contribution in [0.2, 0.25) is 0 Å². The molecule has 4 rings (SSSR count). The lowest BCUT2D eigenvalue weighted by Crippen LogP contribution is -2.42. The number of ketones is 1. The zero-order chi connectivity index (χ0) is 16.5. The molecule has 0 unspecified atom stereocenters. The van der Waals surface area contributed by atoms with Gasteiger partial charge in [-0.05, 0) is 25.0 Å². The third kappa shape index (κ3) is 2.78. The van der Waals surface area contributed by atoms with E-state index < -0.39 is 0 Å². The largest absolute Gasteiger partial charge is 0.488 e. The molecular weight excluding hydrogens is 300 g/mol. The third-order valence-corrected chi connectivity index (χ3v) is 5.04. The van der Waals surface area contributed by atoms with E-state index in [2.05, 4.69) is 5.32 Å². The van der Waals surface area contributed by atoms with Crippen molar-refractivity contribution in [2.45, 2.75) is 44.4 Å². The minimum absolute atomic E-state index is 0.0269. The van der Waals surface area contributed by atoms with Gasteiger partial charge in [0.1, 0.15) is 12.4 Å². The van der Waals surface area contributed by atoms with Gasteiger partial charge in [-0.25, -0.2) is 0 Å². The first-order valence-electron chi connectivity index (χ1n) is 8.64. The van der Waals surface area contributed by atoms with Crippen molar-refractivity contribution < 1.29 is 9.53 Å². The standard InChI is InChI=1S/C20H22N2O2/c21-17-7-3-4-8-18(17)22-14-9-10-16-19(11-14)24-12-13-5-1-2-6-15(13)20(16)23/h1-2,5-6,9-11,17-18,22H,3-4,7-8,12,21H2/t17-,18-/m0/s1. The summed E-state index contributed by atoms with van der Waals surface area (Å²) in [6, 6.07) is 13.8. The van der Waals surface area contributed by atoms with Crippen molar-refractivity contribution in [3.8, 4) is 5.75 Å². The summed E-state index contributed by atoms with van der Waals surface area (Å²) in [5, 5.41) is 3.52. The summed E-state index contributed by atoms with van der Waals surface area (Å²) < 4.78 is 5.91. The normalized spacial score (nSPS) is 22.8. The molecule has 0 spiro atoms. The van der Waals surface area contributed by atoms with Gasteiger partial charge in [0.15, 0.2) is 5.78 Å². The maximum absolute atomic E-state index is 12.8. The number of fused-ring (bicyclic) bond motifs is 2. The molecule has 1 saturated carbocycles. The second-order valence-corrected chi connectivity index (χ2v) is 6.69. The fourth-order valence-corrected chi connectivity index (χ4v) is 3.64. The highest BCUT2D eigenvalue weighted by atomic mass is 16.5. The highest BCUT2D eigenvalue weighted by molar-refractivity contribution is 6.12. The van der Waals surface area contributed by atoms with Crippen LogP contribution in [-0.4, -0.2) is 17.9 Å². The van der Waals surface area contributed by atoms with Crippen LogP contribution < -0.4 is 15.8 Å². The SMILES string of the molecule is N[C@H]1CCCC[C@@H]1Nc1ccc2c(c1)OCc1ccccc1C2=O. The quantitative estimate of drug-likeness (QED) is 0.888. The monoisotopic (exact) mass is 322 g/mol. The van der Waals surface area contributed by atoms with Gasteiger partial charge in [0.2, 0.25) is 0 Å². The van der Waals surface area contributed by atoms with E-state index in [-0.39, 0.29) is 17.9 Å². The zero-order valence-electron chi connectivity index (χ0n) is 13.6. The molecule has 4 nitrogen and oxygen atoms in total. The zero-order valence-corrected chi connectivity index (χ0v) is 13.6. The Morgan fingerprint density at radius 2 is 1.88 bits per heavy atom. The number of hydrogen-bond donors (Lipinski definition) is 2. The van der Waals surface area contributed by atoms with Crippen molar-refractivity contribution in [2.75, 3.05) is 5.32 Å². The van der Waals surface area contributed by atoms with Gasteiger partial charge in [-0.1, -0.05) is 37.1 Å². The lowest BCUT2D eigenvalue weighted by molar-refractivity contribution is 0.103. The summed E-state index contributed by atoms with van der Waals surface area (Å²) in [7, 11) is 0. The highest BCUT2D eigenvalue weighted by Gasteiger charge is 2.24. The van der Waals surface area contributed by atoms with Crippen LogP contribution in [0.1, 0.15) is 47.2 Å². The molecule has 124 valence electrons. The summed E-state index contributed by atoms with van der Waals surface area (Å²) in [4.78, 5) is 12.8. The first kappa shape index (κ1) is 15.2. The van der Waals surface area contributed by atoms with E-state index in [9.17, 15) is 4.79 Å². The Kier molecular flexibility index (Phi) is 3.98. The molecule has 1 aliphatic heterocycles. The maximum atomic E-state index is 12.8. The number of anilines is 1. The van der Waals surface area contributed by atoms with E-state index >= 15 is 0 Å². The van der Waals surface area contributed by atoms with Gasteiger partial charge in [0.25, 0.3) is 0 Å². The van der Waals surface area contributed by atoms with Gasteiger partial charge < -0.3 is 15.8 Å².